The third kappa shape index (κ3) is 3.96. The van der Waals surface area contributed by atoms with Gasteiger partial charge < -0.3 is 15.1 Å². The predicted molar refractivity (Wildman–Crippen MR) is 106 cm³/mol. The highest BCUT2D eigenvalue weighted by atomic mass is 16.2. The van der Waals surface area contributed by atoms with Crippen LogP contribution in [0.15, 0.2) is 17.4 Å². The van der Waals surface area contributed by atoms with Gasteiger partial charge in [-0.3, -0.25) is 9.48 Å². The number of likely N-dealkylation sites (tertiary alicyclic amines) is 1. The van der Waals surface area contributed by atoms with E-state index in [4.69, 9.17) is 4.99 Å². The van der Waals surface area contributed by atoms with Crippen LogP contribution in [0.2, 0.25) is 0 Å². The maximum atomic E-state index is 12.1. The van der Waals surface area contributed by atoms with E-state index in [0.29, 0.717) is 12.0 Å². The van der Waals surface area contributed by atoms with Gasteiger partial charge >= 0.3 is 0 Å². The summed E-state index contributed by atoms with van der Waals surface area (Å²) in [6.07, 6.45) is 10.5. The van der Waals surface area contributed by atoms with Gasteiger partial charge in [0, 0.05) is 52.4 Å². The van der Waals surface area contributed by atoms with Crippen LogP contribution in [0.3, 0.4) is 0 Å². The van der Waals surface area contributed by atoms with Crippen LogP contribution >= 0.6 is 0 Å². The van der Waals surface area contributed by atoms with Crippen molar-refractivity contribution in [3.05, 3.63) is 18.0 Å². The number of hydrogen-bond acceptors (Lipinski definition) is 3. The number of hydrogen-bond donors (Lipinski definition) is 1. The van der Waals surface area contributed by atoms with Gasteiger partial charge in [0.1, 0.15) is 6.54 Å². The molecule has 2 heterocycles. The van der Waals surface area contributed by atoms with Crippen LogP contribution in [0.4, 0.5) is 0 Å². The van der Waals surface area contributed by atoms with Crippen molar-refractivity contribution in [2.24, 2.45) is 23.9 Å². The fraction of sp³-hybridized carbons (Fsp3) is 0.750. The molecule has 1 saturated heterocycles. The van der Waals surface area contributed by atoms with Gasteiger partial charge in [0.05, 0.1) is 6.20 Å². The molecule has 2 saturated carbocycles. The van der Waals surface area contributed by atoms with Gasteiger partial charge in [0.25, 0.3) is 0 Å². The van der Waals surface area contributed by atoms with E-state index in [2.05, 4.69) is 21.5 Å². The molecule has 1 aliphatic heterocycles. The second kappa shape index (κ2) is 7.52. The van der Waals surface area contributed by atoms with Crippen LogP contribution < -0.4 is 5.32 Å². The summed E-state index contributed by atoms with van der Waals surface area (Å²) in [5.41, 5.74) is 1.30. The molecule has 0 spiro atoms. The first-order valence-corrected chi connectivity index (χ1v) is 10.2. The highest BCUT2D eigenvalue weighted by molar-refractivity contribution is 5.85. The number of carbonyl (C=O) groups excluding carboxylic acids is 1. The lowest BCUT2D eigenvalue weighted by Gasteiger charge is -2.29. The Balaban J connectivity index is 1.45. The lowest BCUT2D eigenvalue weighted by atomic mass is 9.95. The summed E-state index contributed by atoms with van der Waals surface area (Å²) in [7, 11) is 5.54. The fourth-order valence-electron chi connectivity index (χ4n) is 4.98. The van der Waals surface area contributed by atoms with Crippen LogP contribution in [0.25, 0.3) is 0 Å². The molecule has 1 aromatic heterocycles. The van der Waals surface area contributed by atoms with E-state index >= 15 is 0 Å². The number of likely N-dealkylation sites (N-methyl/N-ethyl adjacent to an activating group) is 1. The number of amides is 1. The van der Waals surface area contributed by atoms with Crippen molar-refractivity contribution in [3.63, 3.8) is 0 Å². The molecule has 2 aliphatic carbocycles. The predicted octanol–water partition coefficient (Wildman–Crippen LogP) is 1.43. The average Bonchev–Trinajstić information content (AvgIpc) is 3.41. The topological polar surface area (TPSA) is 65.8 Å². The normalized spacial score (nSPS) is 30.2. The van der Waals surface area contributed by atoms with E-state index in [1.807, 2.05) is 17.9 Å². The second-order valence-electron chi connectivity index (χ2n) is 8.73. The van der Waals surface area contributed by atoms with Gasteiger partial charge in [0.2, 0.25) is 5.91 Å². The molecule has 0 radical (unpaired) electrons. The van der Waals surface area contributed by atoms with Crippen molar-refractivity contribution in [1.29, 1.82) is 0 Å². The lowest BCUT2D eigenvalue weighted by Crippen LogP contribution is -2.47. The summed E-state index contributed by atoms with van der Waals surface area (Å²) in [4.78, 5) is 20.8. The van der Waals surface area contributed by atoms with Gasteiger partial charge in [-0.15, -0.1) is 0 Å². The smallest absolute Gasteiger partial charge is 0.243 e. The Labute approximate surface area is 161 Å². The zero-order chi connectivity index (χ0) is 19.0. The molecule has 148 valence electrons. The number of aromatic nitrogens is 2. The van der Waals surface area contributed by atoms with Crippen LogP contribution in [-0.2, 0) is 11.8 Å². The summed E-state index contributed by atoms with van der Waals surface area (Å²) in [5, 5.41) is 8.07. The van der Waals surface area contributed by atoms with Crippen molar-refractivity contribution in [1.82, 2.24) is 24.9 Å². The Morgan fingerprint density at radius 2 is 2.19 bits per heavy atom. The summed E-state index contributed by atoms with van der Waals surface area (Å²) < 4.78 is 1.87. The van der Waals surface area contributed by atoms with Gasteiger partial charge in [0.15, 0.2) is 5.96 Å². The molecule has 1 amide bonds. The Hall–Kier alpha value is -2.05. The number of guanidine groups is 1. The van der Waals surface area contributed by atoms with E-state index in [1.54, 1.807) is 19.0 Å². The Morgan fingerprint density at radius 3 is 2.81 bits per heavy atom. The minimum atomic E-state index is 0.0465. The standard InChI is InChI=1S/C20H32N6O/c1-24(2)19(27)11-21-20(23-18-9-14-4-5-15(18)8-14)26-7-6-16(13-26)17-10-22-25(3)12-17/h10,12,14-16,18H,4-9,11,13H2,1-3H3,(H,21,23). The van der Waals surface area contributed by atoms with Crippen molar-refractivity contribution in [2.45, 2.75) is 44.1 Å². The molecule has 1 N–H and O–H groups in total. The molecule has 7 nitrogen and oxygen atoms in total. The van der Waals surface area contributed by atoms with Gasteiger partial charge in [-0.2, -0.15) is 5.10 Å². The van der Waals surface area contributed by atoms with Crippen LogP contribution in [0.5, 0.6) is 0 Å². The molecule has 2 bridgehead atoms. The molecule has 4 atom stereocenters. The lowest BCUT2D eigenvalue weighted by molar-refractivity contribution is -0.127. The zero-order valence-electron chi connectivity index (χ0n) is 16.8. The number of carbonyl (C=O) groups is 1. The molecule has 0 aromatic carbocycles. The van der Waals surface area contributed by atoms with E-state index in [9.17, 15) is 4.79 Å². The number of nitrogens with one attached hydrogen (secondary N) is 1. The van der Waals surface area contributed by atoms with Crippen LogP contribution in [0.1, 0.15) is 43.6 Å². The Bertz CT molecular complexity index is 711. The maximum Gasteiger partial charge on any atom is 0.243 e. The third-order valence-electron chi connectivity index (χ3n) is 6.60. The van der Waals surface area contributed by atoms with E-state index in [1.165, 1.54) is 31.2 Å². The van der Waals surface area contributed by atoms with Gasteiger partial charge in [-0.05, 0) is 43.1 Å². The molecular formula is C20H32N6O. The van der Waals surface area contributed by atoms with E-state index in [0.717, 1.165) is 37.3 Å². The highest BCUT2D eigenvalue weighted by Crippen LogP contribution is 2.44. The first kappa shape index (κ1) is 18.3. The summed E-state index contributed by atoms with van der Waals surface area (Å²) in [6, 6.07) is 0.523. The van der Waals surface area contributed by atoms with Crippen LogP contribution in [0, 0.1) is 11.8 Å². The monoisotopic (exact) mass is 372 g/mol. The number of rotatable bonds is 4. The molecule has 27 heavy (non-hydrogen) atoms. The molecule has 7 heteroatoms. The van der Waals surface area contributed by atoms with Gasteiger partial charge in [-0.25, -0.2) is 4.99 Å². The fourth-order valence-corrected chi connectivity index (χ4v) is 4.98. The minimum Gasteiger partial charge on any atom is -0.353 e. The number of nitrogens with zero attached hydrogens (tertiary/aromatic N) is 5. The highest BCUT2D eigenvalue weighted by Gasteiger charge is 2.40. The molecule has 1 aromatic rings. The second-order valence-corrected chi connectivity index (χ2v) is 8.73. The molecule has 4 rings (SSSR count). The minimum absolute atomic E-state index is 0.0465. The first-order valence-electron chi connectivity index (χ1n) is 10.2. The van der Waals surface area contributed by atoms with Crippen molar-refractivity contribution in [3.8, 4) is 0 Å². The number of aryl methyl sites for hydroxylation is 1. The molecule has 3 aliphatic rings. The van der Waals surface area contributed by atoms with Gasteiger partial charge in [-0.1, -0.05) is 6.42 Å². The first-order chi connectivity index (χ1) is 13.0. The van der Waals surface area contributed by atoms with Crippen molar-refractivity contribution < 1.29 is 4.79 Å². The number of fused-ring (bicyclic) bond motifs is 2. The summed E-state index contributed by atoms with van der Waals surface area (Å²) in [5.74, 6) is 3.12. The quantitative estimate of drug-likeness (QED) is 0.641. The SMILES string of the molecule is CN(C)C(=O)CN=C(NC1CC2CCC1C2)N1CCC(c2cnn(C)c2)C1. The molecule has 3 fully saturated rings. The Kier molecular flexibility index (Phi) is 5.10. The van der Waals surface area contributed by atoms with E-state index in [-0.39, 0.29) is 12.5 Å². The Morgan fingerprint density at radius 1 is 1.33 bits per heavy atom. The zero-order valence-corrected chi connectivity index (χ0v) is 16.8. The maximum absolute atomic E-state index is 12.1. The van der Waals surface area contributed by atoms with E-state index < -0.39 is 0 Å². The van der Waals surface area contributed by atoms with Crippen molar-refractivity contribution in [2.75, 3.05) is 33.7 Å². The largest absolute Gasteiger partial charge is 0.353 e. The molecule has 4 unspecified atom stereocenters. The van der Waals surface area contributed by atoms with Crippen molar-refractivity contribution >= 4 is 11.9 Å². The summed E-state index contributed by atoms with van der Waals surface area (Å²) >= 11 is 0. The summed E-state index contributed by atoms with van der Waals surface area (Å²) in [6.45, 7) is 2.13. The number of aliphatic imine (C=N–C) groups is 1. The van der Waals surface area contributed by atoms with Crippen LogP contribution in [-0.4, -0.2) is 71.2 Å². The third-order valence-corrected chi connectivity index (χ3v) is 6.60. The average molecular weight is 373 g/mol. The molecular weight excluding hydrogens is 340 g/mol.